The molecular formula is C21H22N4O2S. The molecule has 0 amide bonds. The van der Waals surface area contributed by atoms with Gasteiger partial charge in [-0.15, -0.1) is 0 Å². The number of anilines is 3. The lowest BCUT2D eigenvalue weighted by atomic mass is 10.1. The van der Waals surface area contributed by atoms with Gasteiger partial charge in [-0.1, -0.05) is 48.0 Å². The van der Waals surface area contributed by atoms with Crippen LogP contribution in [0.5, 0.6) is 0 Å². The highest BCUT2D eigenvalue weighted by Gasteiger charge is 2.28. The van der Waals surface area contributed by atoms with Crippen LogP contribution < -0.4 is 10.6 Å². The number of hydrogen-bond donors (Lipinski definition) is 2. The fourth-order valence-corrected chi connectivity index (χ4v) is 4.89. The molecule has 1 unspecified atom stereocenters. The predicted octanol–water partition coefficient (Wildman–Crippen LogP) is 3.79. The van der Waals surface area contributed by atoms with Crippen molar-refractivity contribution in [3.63, 3.8) is 0 Å². The molecule has 28 heavy (non-hydrogen) atoms. The number of aromatic nitrogens is 2. The number of hydrogen-bond acceptors (Lipinski definition) is 6. The Kier molecular flexibility index (Phi) is 5.00. The summed E-state index contributed by atoms with van der Waals surface area (Å²) in [5, 5.41) is 6.51. The summed E-state index contributed by atoms with van der Waals surface area (Å²) in [5.41, 5.74) is 3.81. The molecule has 6 nitrogen and oxygen atoms in total. The summed E-state index contributed by atoms with van der Waals surface area (Å²) in [6, 6.07) is 19.6. The number of aryl methyl sites for hydroxylation is 1. The van der Waals surface area contributed by atoms with Crippen LogP contribution in [0.1, 0.15) is 12.0 Å². The first-order chi connectivity index (χ1) is 13.5. The first kappa shape index (κ1) is 18.4. The van der Waals surface area contributed by atoms with Gasteiger partial charge in [0, 0.05) is 23.4 Å². The van der Waals surface area contributed by atoms with Crippen molar-refractivity contribution in [1.29, 1.82) is 0 Å². The quantitative estimate of drug-likeness (QED) is 0.685. The molecule has 2 aromatic carbocycles. The maximum atomic E-state index is 11.8. The highest BCUT2D eigenvalue weighted by atomic mass is 32.2. The summed E-state index contributed by atoms with van der Waals surface area (Å²) in [6.07, 6.45) is 0.591. The molecule has 2 N–H and O–H groups in total. The fourth-order valence-electron chi connectivity index (χ4n) is 3.22. The van der Waals surface area contributed by atoms with E-state index in [1.54, 1.807) is 0 Å². The third-order valence-electron chi connectivity index (χ3n) is 4.69. The Morgan fingerprint density at radius 1 is 1.00 bits per heavy atom. The van der Waals surface area contributed by atoms with Crippen molar-refractivity contribution in [3.05, 3.63) is 66.2 Å². The van der Waals surface area contributed by atoms with E-state index < -0.39 is 9.84 Å². The maximum Gasteiger partial charge on any atom is 0.229 e. The molecule has 1 aliphatic rings. The minimum atomic E-state index is -2.96. The maximum absolute atomic E-state index is 11.8. The average molecular weight is 395 g/mol. The van der Waals surface area contributed by atoms with Gasteiger partial charge in [-0.05, 0) is 25.5 Å². The molecular weight excluding hydrogens is 372 g/mol. The standard InChI is InChI=1S/C21H22N4O2S/c1-15-7-9-17(10-8-15)23-21-24-19(16-5-3-2-4-6-16)13-20(25-21)22-18-11-12-28(26,27)14-18/h2-10,13,18H,11-12,14H2,1H3,(H2,22,23,24,25). The molecule has 1 atom stereocenters. The minimum Gasteiger partial charge on any atom is -0.366 e. The van der Waals surface area contributed by atoms with Crippen LogP contribution in [0.2, 0.25) is 0 Å². The van der Waals surface area contributed by atoms with Crippen molar-refractivity contribution in [2.75, 3.05) is 22.1 Å². The number of benzene rings is 2. The summed E-state index contributed by atoms with van der Waals surface area (Å²) in [4.78, 5) is 9.20. The average Bonchev–Trinajstić information content (AvgIpc) is 3.02. The van der Waals surface area contributed by atoms with Gasteiger partial charge in [0.1, 0.15) is 5.82 Å². The first-order valence-electron chi connectivity index (χ1n) is 9.22. The monoisotopic (exact) mass is 394 g/mol. The Balaban J connectivity index is 1.65. The van der Waals surface area contributed by atoms with Crippen LogP contribution in [0, 0.1) is 6.92 Å². The molecule has 1 saturated heterocycles. The lowest BCUT2D eigenvalue weighted by Gasteiger charge is -2.15. The molecule has 1 aliphatic heterocycles. The van der Waals surface area contributed by atoms with Crippen LogP contribution >= 0.6 is 0 Å². The molecule has 3 aromatic rings. The van der Waals surface area contributed by atoms with Gasteiger partial charge in [-0.2, -0.15) is 4.98 Å². The van der Waals surface area contributed by atoms with Crippen molar-refractivity contribution in [2.45, 2.75) is 19.4 Å². The number of nitrogens with zero attached hydrogens (tertiary/aromatic N) is 2. The van der Waals surface area contributed by atoms with E-state index >= 15 is 0 Å². The molecule has 144 valence electrons. The van der Waals surface area contributed by atoms with E-state index in [9.17, 15) is 8.42 Å². The molecule has 0 spiro atoms. The molecule has 4 rings (SSSR count). The highest BCUT2D eigenvalue weighted by Crippen LogP contribution is 2.25. The van der Waals surface area contributed by atoms with Crippen molar-refractivity contribution in [3.8, 4) is 11.3 Å². The van der Waals surface area contributed by atoms with Crippen LogP contribution in [0.15, 0.2) is 60.7 Å². The van der Waals surface area contributed by atoms with Gasteiger partial charge in [0.15, 0.2) is 9.84 Å². The number of nitrogens with one attached hydrogen (secondary N) is 2. The van der Waals surface area contributed by atoms with E-state index in [1.165, 1.54) is 5.56 Å². The summed E-state index contributed by atoms with van der Waals surface area (Å²) < 4.78 is 23.5. The van der Waals surface area contributed by atoms with Crippen molar-refractivity contribution < 1.29 is 8.42 Å². The van der Waals surface area contributed by atoms with E-state index in [1.807, 2.05) is 67.6 Å². The fraction of sp³-hybridized carbons (Fsp3) is 0.238. The van der Waals surface area contributed by atoms with E-state index in [2.05, 4.69) is 20.6 Å². The van der Waals surface area contributed by atoms with Crippen LogP contribution in [0.4, 0.5) is 17.5 Å². The summed E-state index contributed by atoms with van der Waals surface area (Å²) in [7, 11) is -2.96. The van der Waals surface area contributed by atoms with E-state index in [-0.39, 0.29) is 17.5 Å². The summed E-state index contributed by atoms with van der Waals surface area (Å²) >= 11 is 0. The zero-order valence-corrected chi connectivity index (χ0v) is 16.4. The van der Waals surface area contributed by atoms with Gasteiger partial charge < -0.3 is 10.6 Å². The van der Waals surface area contributed by atoms with Crippen LogP contribution in [-0.2, 0) is 9.84 Å². The minimum absolute atomic E-state index is 0.129. The molecule has 0 aliphatic carbocycles. The van der Waals surface area contributed by atoms with Gasteiger partial charge in [0.2, 0.25) is 5.95 Å². The summed E-state index contributed by atoms with van der Waals surface area (Å²) in [6.45, 7) is 2.04. The Hall–Kier alpha value is -2.93. The first-order valence-corrected chi connectivity index (χ1v) is 11.0. The Bertz CT molecular complexity index is 1070. The smallest absolute Gasteiger partial charge is 0.229 e. The molecule has 0 bridgehead atoms. The van der Waals surface area contributed by atoms with Crippen LogP contribution in [-0.4, -0.2) is 35.9 Å². The third kappa shape index (κ3) is 4.48. The number of rotatable bonds is 5. The molecule has 2 heterocycles. The van der Waals surface area contributed by atoms with Gasteiger partial charge >= 0.3 is 0 Å². The van der Waals surface area contributed by atoms with Crippen LogP contribution in [0.25, 0.3) is 11.3 Å². The van der Waals surface area contributed by atoms with Gasteiger partial charge in [0.05, 0.1) is 17.2 Å². The second-order valence-electron chi connectivity index (χ2n) is 7.06. The lowest BCUT2D eigenvalue weighted by Crippen LogP contribution is -2.21. The molecule has 1 aromatic heterocycles. The normalized spacial score (nSPS) is 18.0. The molecule has 0 saturated carbocycles. The van der Waals surface area contributed by atoms with Gasteiger partial charge in [-0.3, -0.25) is 0 Å². The van der Waals surface area contributed by atoms with E-state index in [0.717, 1.165) is 16.9 Å². The molecule has 7 heteroatoms. The van der Waals surface area contributed by atoms with Crippen LogP contribution in [0.3, 0.4) is 0 Å². The third-order valence-corrected chi connectivity index (χ3v) is 6.46. The second-order valence-corrected chi connectivity index (χ2v) is 9.29. The SMILES string of the molecule is Cc1ccc(Nc2nc(NC3CCS(=O)(=O)C3)cc(-c3ccccc3)n2)cc1. The van der Waals surface area contributed by atoms with Gasteiger partial charge in [-0.25, -0.2) is 13.4 Å². The number of sulfone groups is 1. The Labute approximate surface area is 165 Å². The van der Waals surface area contributed by atoms with E-state index in [0.29, 0.717) is 18.2 Å². The van der Waals surface area contributed by atoms with Crippen molar-refractivity contribution in [2.24, 2.45) is 0 Å². The zero-order valence-electron chi connectivity index (χ0n) is 15.6. The predicted molar refractivity (Wildman–Crippen MR) is 113 cm³/mol. The topological polar surface area (TPSA) is 84.0 Å². The second kappa shape index (κ2) is 7.59. The summed E-state index contributed by atoms with van der Waals surface area (Å²) in [5.74, 6) is 1.44. The van der Waals surface area contributed by atoms with Gasteiger partial charge in [0.25, 0.3) is 0 Å². The molecule has 0 radical (unpaired) electrons. The highest BCUT2D eigenvalue weighted by molar-refractivity contribution is 7.91. The Morgan fingerprint density at radius 2 is 1.75 bits per heavy atom. The zero-order chi connectivity index (χ0) is 19.6. The molecule has 1 fully saturated rings. The lowest BCUT2D eigenvalue weighted by molar-refractivity contribution is 0.602. The van der Waals surface area contributed by atoms with Crippen molar-refractivity contribution in [1.82, 2.24) is 9.97 Å². The largest absolute Gasteiger partial charge is 0.366 e. The van der Waals surface area contributed by atoms with E-state index in [4.69, 9.17) is 0 Å². The Morgan fingerprint density at radius 3 is 2.43 bits per heavy atom. The van der Waals surface area contributed by atoms with Crippen molar-refractivity contribution >= 4 is 27.3 Å².